The molecule has 5 heteroatoms. The normalized spacial score (nSPS) is 10.4. The molecule has 0 aliphatic carbocycles. The fraction of sp³-hybridized carbons (Fsp3) is 0.154. The lowest BCUT2D eigenvalue weighted by atomic mass is 10.2. The third-order valence-electron chi connectivity index (χ3n) is 2.43. The van der Waals surface area contributed by atoms with Gasteiger partial charge in [0.15, 0.2) is 5.82 Å². The number of aliphatic hydroxyl groups excluding tert-OH is 1. The number of hydrogen-bond acceptors (Lipinski definition) is 3. The Morgan fingerprint density at radius 3 is 2.61 bits per heavy atom. The maximum absolute atomic E-state index is 13.6. The molecular formula is C13H11F2NO2. The maximum atomic E-state index is 13.6. The van der Waals surface area contributed by atoms with Crippen LogP contribution in [0.15, 0.2) is 36.5 Å². The summed E-state index contributed by atoms with van der Waals surface area (Å²) in [5.41, 5.74) is 0.404. The van der Waals surface area contributed by atoms with E-state index < -0.39 is 18.2 Å². The Balaban J connectivity index is 2.14. The van der Waals surface area contributed by atoms with Crippen LogP contribution in [0.2, 0.25) is 0 Å². The zero-order valence-electron chi connectivity index (χ0n) is 9.44. The van der Waals surface area contributed by atoms with Crippen LogP contribution < -0.4 is 4.74 Å². The summed E-state index contributed by atoms with van der Waals surface area (Å²) in [6.45, 7) is -0.560. The van der Waals surface area contributed by atoms with Gasteiger partial charge in [-0.15, -0.1) is 0 Å². The Labute approximate surface area is 103 Å². The van der Waals surface area contributed by atoms with Crippen molar-refractivity contribution in [3.05, 3.63) is 59.3 Å². The zero-order valence-corrected chi connectivity index (χ0v) is 9.44. The van der Waals surface area contributed by atoms with Crippen LogP contribution in [-0.2, 0) is 13.2 Å². The SMILES string of the molecule is OCc1ccnc(OCc2ccccc2F)c1F. The van der Waals surface area contributed by atoms with Crippen LogP contribution in [0.3, 0.4) is 0 Å². The maximum Gasteiger partial charge on any atom is 0.251 e. The first kappa shape index (κ1) is 12.4. The minimum absolute atomic E-state index is 0.0912. The highest BCUT2D eigenvalue weighted by atomic mass is 19.1. The van der Waals surface area contributed by atoms with Gasteiger partial charge in [0.25, 0.3) is 5.88 Å². The average molecular weight is 251 g/mol. The van der Waals surface area contributed by atoms with E-state index in [1.54, 1.807) is 18.2 Å². The molecule has 0 atom stereocenters. The monoisotopic (exact) mass is 251 g/mol. The fourth-order valence-electron chi connectivity index (χ4n) is 1.45. The van der Waals surface area contributed by atoms with E-state index in [0.29, 0.717) is 5.56 Å². The summed E-state index contributed by atoms with van der Waals surface area (Å²) >= 11 is 0. The predicted molar refractivity (Wildman–Crippen MR) is 60.8 cm³/mol. The molecule has 1 aromatic heterocycles. The number of halogens is 2. The number of aromatic nitrogens is 1. The van der Waals surface area contributed by atoms with E-state index in [2.05, 4.69) is 4.98 Å². The molecular weight excluding hydrogens is 240 g/mol. The van der Waals surface area contributed by atoms with E-state index in [-0.39, 0.29) is 18.1 Å². The van der Waals surface area contributed by atoms with E-state index in [1.165, 1.54) is 18.3 Å². The summed E-state index contributed by atoms with van der Waals surface area (Å²) in [7, 11) is 0. The smallest absolute Gasteiger partial charge is 0.251 e. The van der Waals surface area contributed by atoms with Gasteiger partial charge in [-0.2, -0.15) is 0 Å². The second kappa shape index (κ2) is 5.55. The summed E-state index contributed by atoms with van der Waals surface area (Å²) in [6.07, 6.45) is 1.32. The molecule has 0 radical (unpaired) electrons. The lowest BCUT2D eigenvalue weighted by Gasteiger charge is -2.08. The number of hydrogen-bond donors (Lipinski definition) is 1. The molecule has 0 amide bonds. The third-order valence-corrected chi connectivity index (χ3v) is 2.43. The molecule has 2 aromatic rings. The standard InChI is InChI=1S/C13H11F2NO2/c14-11-4-2-1-3-10(11)8-18-13-12(15)9(7-17)5-6-16-13/h1-6,17H,7-8H2. The van der Waals surface area contributed by atoms with E-state index >= 15 is 0 Å². The predicted octanol–water partition coefficient (Wildman–Crippen LogP) is 2.43. The van der Waals surface area contributed by atoms with Gasteiger partial charge in [0.2, 0.25) is 0 Å². The fourth-order valence-corrected chi connectivity index (χ4v) is 1.45. The van der Waals surface area contributed by atoms with Gasteiger partial charge in [-0.1, -0.05) is 18.2 Å². The van der Waals surface area contributed by atoms with Crippen LogP contribution in [0, 0.1) is 11.6 Å². The molecule has 1 heterocycles. The Bertz CT molecular complexity index is 546. The lowest BCUT2D eigenvalue weighted by molar-refractivity contribution is 0.254. The first-order valence-electron chi connectivity index (χ1n) is 5.33. The number of benzene rings is 1. The topological polar surface area (TPSA) is 42.4 Å². The van der Waals surface area contributed by atoms with Crippen molar-refractivity contribution in [3.63, 3.8) is 0 Å². The molecule has 0 aliphatic rings. The van der Waals surface area contributed by atoms with Crippen molar-refractivity contribution in [1.29, 1.82) is 0 Å². The zero-order chi connectivity index (χ0) is 13.0. The van der Waals surface area contributed by atoms with Gasteiger partial charge in [-0.05, 0) is 12.1 Å². The first-order valence-corrected chi connectivity index (χ1v) is 5.33. The van der Waals surface area contributed by atoms with Gasteiger partial charge in [-0.25, -0.2) is 13.8 Å². The van der Waals surface area contributed by atoms with Gasteiger partial charge >= 0.3 is 0 Å². The second-order valence-corrected chi connectivity index (χ2v) is 3.63. The Morgan fingerprint density at radius 1 is 1.11 bits per heavy atom. The summed E-state index contributed by atoms with van der Waals surface area (Å²) < 4.78 is 32.0. The molecule has 94 valence electrons. The molecule has 1 N–H and O–H groups in total. The van der Waals surface area contributed by atoms with Gasteiger partial charge in [-0.3, -0.25) is 0 Å². The van der Waals surface area contributed by atoms with Gasteiger partial charge in [0.1, 0.15) is 12.4 Å². The first-order chi connectivity index (χ1) is 8.72. The van der Waals surface area contributed by atoms with Crippen molar-refractivity contribution in [1.82, 2.24) is 4.98 Å². The van der Waals surface area contributed by atoms with Crippen LogP contribution >= 0.6 is 0 Å². The molecule has 0 saturated heterocycles. The van der Waals surface area contributed by atoms with Crippen LogP contribution in [0.5, 0.6) is 5.88 Å². The van der Waals surface area contributed by atoms with Gasteiger partial charge < -0.3 is 9.84 Å². The summed E-state index contributed by atoms with van der Waals surface area (Å²) in [4.78, 5) is 3.70. The van der Waals surface area contributed by atoms with Crippen molar-refractivity contribution in [2.75, 3.05) is 0 Å². The minimum atomic E-state index is -0.726. The highest BCUT2D eigenvalue weighted by molar-refractivity contribution is 5.24. The molecule has 0 bridgehead atoms. The highest BCUT2D eigenvalue weighted by Gasteiger charge is 2.11. The van der Waals surface area contributed by atoms with Crippen LogP contribution in [-0.4, -0.2) is 10.1 Å². The average Bonchev–Trinajstić information content (AvgIpc) is 2.39. The van der Waals surface area contributed by atoms with Crippen molar-refractivity contribution in [3.8, 4) is 5.88 Å². The molecule has 3 nitrogen and oxygen atoms in total. The number of ether oxygens (including phenoxy) is 1. The molecule has 0 saturated carbocycles. The number of aliphatic hydroxyl groups is 1. The van der Waals surface area contributed by atoms with E-state index in [4.69, 9.17) is 9.84 Å². The summed E-state index contributed by atoms with van der Waals surface area (Å²) in [6, 6.07) is 7.42. The Hall–Kier alpha value is -2.01. The molecule has 18 heavy (non-hydrogen) atoms. The van der Waals surface area contributed by atoms with E-state index in [9.17, 15) is 8.78 Å². The van der Waals surface area contributed by atoms with Gasteiger partial charge in [0.05, 0.1) is 6.61 Å². The van der Waals surface area contributed by atoms with Crippen LogP contribution in [0.25, 0.3) is 0 Å². The number of pyridine rings is 1. The Kier molecular flexibility index (Phi) is 3.84. The molecule has 2 rings (SSSR count). The van der Waals surface area contributed by atoms with Crippen molar-refractivity contribution >= 4 is 0 Å². The molecule has 0 spiro atoms. The van der Waals surface area contributed by atoms with E-state index in [0.717, 1.165) is 0 Å². The van der Waals surface area contributed by atoms with Crippen molar-refractivity contribution in [2.45, 2.75) is 13.2 Å². The Morgan fingerprint density at radius 2 is 1.89 bits per heavy atom. The summed E-state index contributed by atoms with van der Waals surface area (Å²) in [5.74, 6) is -1.39. The molecule has 0 fully saturated rings. The molecule has 0 aliphatic heterocycles. The largest absolute Gasteiger partial charge is 0.471 e. The van der Waals surface area contributed by atoms with Crippen molar-refractivity contribution < 1.29 is 18.6 Å². The molecule has 1 aromatic carbocycles. The lowest BCUT2D eigenvalue weighted by Crippen LogP contribution is -2.03. The van der Waals surface area contributed by atoms with Gasteiger partial charge in [0, 0.05) is 17.3 Å². The third kappa shape index (κ3) is 2.62. The molecule has 0 unspecified atom stereocenters. The minimum Gasteiger partial charge on any atom is -0.471 e. The highest BCUT2D eigenvalue weighted by Crippen LogP contribution is 2.19. The van der Waals surface area contributed by atoms with Crippen LogP contribution in [0.4, 0.5) is 8.78 Å². The van der Waals surface area contributed by atoms with Crippen molar-refractivity contribution in [2.24, 2.45) is 0 Å². The second-order valence-electron chi connectivity index (χ2n) is 3.63. The van der Waals surface area contributed by atoms with E-state index in [1.807, 2.05) is 0 Å². The summed E-state index contributed by atoms with van der Waals surface area (Å²) in [5, 5.41) is 8.89. The number of nitrogens with zero attached hydrogens (tertiary/aromatic N) is 1. The van der Waals surface area contributed by atoms with Crippen LogP contribution in [0.1, 0.15) is 11.1 Å². The number of rotatable bonds is 4. The quantitative estimate of drug-likeness (QED) is 0.907.